The van der Waals surface area contributed by atoms with Crippen LogP contribution in [0.15, 0.2) is 36.7 Å². The van der Waals surface area contributed by atoms with E-state index < -0.39 is 0 Å². The van der Waals surface area contributed by atoms with Gasteiger partial charge in [0.2, 0.25) is 0 Å². The second kappa shape index (κ2) is 6.32. The number of hydrogen-bond acceptors (Lipinski definition) is 3. The van der Waals surface area contributed by atoms with Gasteiger partial charge in [0.05, 0.1) is 0 Å². The summed E-state index contributed by atoms with van der Waals surface area (Å²) in [6.07, 6.45) is 3.59. The van der Waals surface area contributed by atoms with Gasteiger partial charge in [-0.3, -0.25) is 4.79 Å². The summed E-state index contributed by atoms with van der Waals surface area (Å²) in [5, 5.41) is 0. The van der Waals surface area contributed by atoms with Crippen molar-refractivity contribution in [2.75, 3.05) is 33.2 Å². The fourth-order valence-corrected chi connectivity index (χ4v) is 2.76. The van der Waals surface area contributed by atoms with E-state index in [0.29, 0.717) is 12.4 Å². The Morgan fingerprint density at radius 2 is 1.91 bits per heavy atom. The first-order chi connectivity index (χ1) is 10.6. The number of benzene rings is 1. The second-order valence-corrected chi connectivity index (χ2v) is 5.90. The number of carbonyl (C=O) groups excluding carboxylic acids is 1. The summed E-state index contributed by atoms with van der Waals surface area (Å²) in [5.41, 5.74) is 2.45. The zero-order chi connectivity index (χ0) is 15.5. The maximum absolute atomic E-state index is 12.7. The lowest BCUT2D eigenvalue weighted by molar-refractivity contribution is 0.0647. The van der Waals surface area contributed by atoms with Crippen molar-refractivity contribution in [3.63, 3.8) is 0 Å². The number of piperazine rings is 1. The van der Waals surface area contributed by atoms with Gasteiger partial charge in [-0.1, -0.05) is 24.3 Å². The summed E-state index contributed by atoms with van der Waals surface area (Å²) in [5.74, 6) is 0.569. The number of aryl methyl sites for hydroxylation is 1. The Morgan fingerprint density at radius 3 is 2.64 bits per heavy atom. The molecule has 1 aromatic carbocycles. The summed E-state index contributed by atoms with van der Waals surface area (Å²) >= 11 is 0. The Morgan fingerprint density at radius 1 is 1.18 bits per heavy atom. The number of likely N-dealkylation sites (N-methyl/N-ethyl adjacent to an activating group) is 1. The van der Waals surface area contributed by atoms with Gasteiger partial charge in [0.1, 0.15) is 0 Å². The first kappa shape index (κ1) is 14.8. The number of carbonyl (C=O) groups is 1. The minimum atomic E-state index is 0.0340. The van der Waals surface area contributed by atoms with E-state index in [0.717, 1.165) is 26.2 Å². The summed E-state index contributed by atoms with van der Waals surface area (Å²) < 4.78 is 1.95. The van der Waals surface area contributed by atoms with Crippen molar-refractivity contribution >= 4 is 5.91 Å². The summed E-state index contributed by atoms with van der Waals surface area (Å²) in [6, 6.07) is 8.25. The van der Waals surface area contributed by atoms with Crippen LogP contribution in [-0.2, 0) is 6.54 Å². The number of nitrogens with zero attached hydrogens (tertiary/aromatic N) is 4. The van der Waals surface area contributed by atoms with E-state index in [1.54, 1.807) is 6.20 Å². The standard InChI is InChI=1S/C17H22N4O/c1-14-5-3-4-6-15(14)13-21-8-7-18-16(21)17(22)20-11-9-19(2)10-12-20/h3-8H,9-13H2,1-2H3. The quantitative estimate of drug-likeness (QED) is 0.865. The smallest absolute Gasteiger partial charge is 0.289 e. The van der Waals surface area contributed by atoms with Gasteiger partial charge in [-0.05, 0) is 25.1 Å². The second-order valence-electron chi connectivity index (χ2n) is 5.90. The van der Waals surface area contributed by atoms with Crippen molar-refractivity contribution in [1.82, 2.24) is 19.4 Å². The van der Waals surface area contributed by atoms with Crippen LogP contribution in [0, 0.1) is 6.92 Å². The van der Waals surface area contributed by atoms with Gasteiger partial charge in [0.25, 0.3) is 5.91 Å². The van der Waals surface area contributed by atoms with Crippen LogP contribution in [0.2, 0.25) is 0 Å². The largest absolute Gasteiger partial charge is 0.333 e. The van der Waals surface area contributed by atoms with Gasteiger partial charge in [-0.15, -0.1) is 0 Å². The lowest BCUT2D eigenvalue weighted by atomic mass is 10.1. The molecule has 1 amide bonds. The molecule has 1 aliphatic rings. The highest BCUT2D eigenvalue weighted by molar-refractivity contribution is 5.91. The van der Waals surface area contributed by atoms with Gasteiger partial charge in [0, 0.05) is 45.1 Å². The topological polar surface area (TPSA) is 41.4 Å². The third-order valence-electron chi connectivity index (χ3n) is 4.30. The van der Waals surface area contributed by atoms with Crippen molar-refractivity contribution < 1.29 is 4.79 Å². The molecule has 0 radical (unpaired) electrons. The van der Waals surface area contributed by atoms with Gasteiger partial charge in [-0.2, -0.15) is 0 Å². The number of amides is 1. The van der Waals surface area contributed by atoms with Crippen LogP contribution in [0.3, 0.4) is 0 Å². The molecule has 0 saturated carbocycles. The highest BCUT2D eigenvalue weighted by Gasteiger charge is 2.23. The van der Waals surface area contributed by atoms with Crippen molar-refractivity contribution in [2.45, 2.75) is 13.5 Å². The predicted molar refractivity (Wildman–Crippen MR) is 85.9 cm³/mol. The fourth-order valence-electron chi connectivity index (χ4n) is 2.76. The Hall–Kier alpha value is -2.14. The lowest BCUT2D eigenvalue weighted by Gasteiger charge is -2.32. The minimum Gasteiger partial charge on any atom is -0.333 e. The molecular weight excluding hydrogens is 276 g/mol. The van der Waals surface area contributed by atoms with Gasteiger partial charge in [0.15, 0.2) is 5.82 Å². The van der Waals surface area contributed by atoms with Crippen LogP contribution in [0.5, 0.6) is 0 Å². The summed E-state index contributed by atoms with van der Waals surface area (Å²) in [4.78, 5) is 21.1. The maximum Gasteiger partial charge on any atom is 0.289 e. The van der Waals surface area contributed by atoms with Crippen LogP contribution in [-0.4, -0.2) is 58.5 Å². The molecule has 1 aliphatic heterocycles. The Bertz CT molecular complexity index is 656. The molecule has 0 unspecified atom stereocenters. The van der Waals surface area contributed by atoms with Crippen molar-refractivity contribution in [3.05, 3.63) is 53.6 Å². The van der Waals surface area contributed by atoms with Crippen LogP contribution in [0.4, 0.5) is 0 Å². The van der Waals surface area contributed by atoms with Gasteiger partial charge in [-0.25, -0.2) is 4.98 Å². The van der Waals surface area contributed by atoms with E-state index in [1.807, 2.05) is 27.8 Å². The third kappa shape index (κ3) is 3.04. The number of imidazole rings is 1. The monoisotopic (exact) mass is 298 g/mol. The molecular formula is C17H22N4O. The Balaban J connectivity index is 1.77. The average molecular weight is 298 g/mol. The van der Waals surface area contributed by atoms with E-state index in [2.05, 4.69) is 36.0 Å². The average Bonchev–Trinajstić information content (AvgIpc) is 2.98. The summed E-state index contributed by atoms with van der Waals surface area (Å²) in [7, 11) is 2.08. The Kier molecular flexibility index (Phi) is 4.24. The molecule has 2 aromatic rings. The fraction of sp³-hybridized carbons (Fsp3) is 0.412. The molecule has 0 atom stereocenters. The number of aromatic nitrogens is 2. The highest BCUT2D eigenvalue weighted by Crippen LogP contribution is 2.12. The first-order valence-corrected chi connectivity index (χ1v) is 7.68. The van der Waals surface area contributed by atoms with Crippen LogP contribution < -0.4 is 0 Å². The van der Waals surface area contributed by atoms with Crippen LogP contribution in [0.1, 0.15) is 21.7 Å². The van der Waals surface area contributed by atoms with E-state index in [4.69, 9.17) is 0 Å². The lowest BCUT2D eigenvalue weighted by Crippen LogP contribution is -2.47. The highest BCUT2D eigenvalue weighted by atomic mass is 16.2. The molecule has 22 heavy (non-hydrogen) atoms. The van der Waals surface area contributed by atoms with Crippen molar-refractivity contribution in [3.8, 4) is 0 Å². The van der Waals surface area contributed by atoms with E-state index in [9.17, 15) is 4.79 Å². The first-order valence-electron chi connectivity index (χ1n) is 7.68. The molecule has 1 aromatic heterocycles. The summed E-state index contributed by atoms with van der Waals surface area (Å²) in [6.45, 7) is 6.16. The van der Waals surface area contributed by atoms with Gasteiger partial charge >= 0.3 is 0 Å². The van der Waals surface area contributed by atoms with Crippen molar-refractivity contribution in [2.24, 2.45) is 0 Å². The zero-order valence-electron chi connectivity index (χ0n) is 13.2. The molecule has 1 fully saturated rings. The molecule has 3 rings (SSSR count). The van der Waals surface area contributed by atoms with E-state index in [1.165, 1.54) is 11.1 Å². The third-order valence-corrected chi connectivity index (χ3v) is 4.30. The van der Waals surface area contributed by atoms with E-state index >= 15 is 0 Å². The molecule has 116 valence electrons. The zero-order valence-corrected chi connectivity index (χ0v) is 13.2. The minimum absolute atomic E-state index is 0.0340. The molecule has 0 aliphatic carbocycles. The molecule has 5 heteroatoms. The van der Waals surface area contributed by atoms with E-state index in [-0.39, 0.29) is 5.91 Å². The molecule has 0 N–H and O–H groups in total. The molecule has 1 saturated heterocycles. The van der Waals surface area contributed by atoms with Crippen molar-refractivity contribution in [1.29, 1.82) is 0 Å². The van der Waals surface area contributed by atoms with Gasteiger partial charge < -0.3 is 14.4 Å². The Labute approximate surface area is 131 Å². The van der Waals surface area contributed by atoms with Crippen LogP contribution >= 0.6 is 0 Å². The van der Waals surface area contributed by atoms with Crippen LogP contribution in [0.25, 0.3) is 0 Å². The molecule has 0 bridgehead atoms. The number of rotatable bonds is 3. The maximum atomic E-state index is 12.7. The normalized spacial score (nSPS) is 16.0. The number of hydrogen-bond donors (Lipinski definition) is 0. The SMILES string of the molecule is Cc1ccccc1Cn1ccnc1C(=O)N1CCN(C)CC1. The molecule has 5 nitrogen and oxygen atoms in total. The molecule has 2 heterocycles. The molecule has 0 spiro atoms. The predicted octanol–water partition coefficient (Wildman–Crippen LogP) is 1.63.